The van der Waals surface area contributed by atoms with E-state index in [0.29, 0.717) is 35.9 Å². The van der Waals surface area contributed by atoms with Crippen LogP contribution in [0.2, 0.25) is 0 Å². The summed E-state index contributed by atoms with van der Waals surface area (Å²) in [5.74, 6) is -0.0466. The molecule has 0 bridgehead atoms. The van der Waals surface area contributed by atoms with Gasteiger partial charge in [-0.05, 0) is 48.9 Å². The van der Waals surface area contributed by atoms with Gasteiger partial charge in [0.15, 0.2) is 0 Å². The molecule has 0 aliphatic carbocycles. The maximum atomic E-state index is 13.1. The van der Waals surface area contributed by atoms with Crippen molar-refractivity contribution in [3.63, 3.8) is 0 Å². The molecule has 0 saturated carbocycles. The van der Waals surface area contributed by atoms with Gasteiger partial charge in [-0.2, -0.15) is 13.5 Å². The van der Waals surface area contributed by atoms with Gasteiger partial charge in [0.1, 0.15) is 4.90 Å². The number of rotatable bonds is 6. The number of piperazine rings is 1. The van der Waals surface area contributed by atoms with Crippen molar-refractivity contribution in [2.45, 2.75) is 17.9 Å². The third-order valence-electron chi connectivity index (χ3n) is 6.70. The predicted octanol–water partition coefficient (Wildman–Crippen LogP) is 4.67. The molecule has 9 heteroatoms. The van der Waals surface area contributed by atoms with E-state index in [1.807, 2.05) is 35.2 Å². The van der Waals surface area contributed by atoms with E-state index >= 15 is 0 Å². The normalized spacial score (nSPS) is 15.1. The Kier molecular flexibility index (Phi) is 8.16. The van der Waals surface area contributed by atoms with Crippen LogP contribution in [0, 0.1) is 0 Å². The SMILES string of the molecule is C[C@@H](c1ccccc1)N1CCN(C(=O)c2ccc(NS(=O)(=O)c3cccc4cccnc34)cc2)CC1.S. The Labute approximate surface area is 224 Å². The highest BCUT2D eigenvalue weighted by atomic mass is 32.2. The maximum Gasteiger partial charge on any atom is 0.264 e. The molecule has 1 aliphatic rings. The molecule has 1 aromatic heterocycles. The Morgan fingerprint density at radius 1 is 0.865 bits per heavy atom. The molecular weight excluding hydrogens is 504 g/mol. The molecule has 192 valence electrons. The number of aromatic nitrogens is 1. The lowest BCUT2D eigenvalue weighted by atomic mass is 10.1. The summed E-state index contributed by atoms with van der Waals surface area (Å²) in [6.45, 7) is 5.11. The predicted molar refractivity (Wildman–Crippen MR) is 152 cm³/mol. The summed E-state index contributed by atoms with van der Waals surface area (Å²) >= 11 is 0. The van der Waals surface area contributed by atoms with Gasteiger partial charge in [0.2, 0.25) is 0 Å². The first-order valence-electron chi connectivity index (χ1n) is 12.0. The lowest BCUT2D eigenvalue weighted by molar-refractivity contribution is 0.0582. The van der Waals surface area contributed by atoms with E-state index in [9.17, 15) is 13.2 Å². The van der Waals surface area contributed by atoms with Crippen LogP contribution >= 0.6 is 13.5 Å². The molecule has 3 aromatic carbocycles. The summed E-state index contributed by atoms with van der Waals surface area (Å²) in [6, 6.07) is 25.9. The number of anilines is 1. The Balaban J connectivity index is 0.00000320. The average Bonchev–Trinajstić information content (AvgIpc) is 2.93. The molecule has 1 aliphatic heterocycles. The van der Waals surface area contributed by atoms with Crippen molar-refractivity contribution >= 4 is 46.0 Å². The Hall–Kier alpha value is -3.40. The van der Waals surface area contributed by atoms with Crippen molar-refractivity contribution in [2.24, 2.45) is 0 Å². The quantitative estimate of drug-likeness (QED) is 0.389. The molecular formula is C28H30N4O3S2. The molecule has 7 nitrogen and oxygen atoms in total. The summed E-state index contributed by atoms with van der Waals surface area (Å²) in [5.41, 5.74) is 2.62. The lowest BCUT2D eigenvalue weighted by Gasteiger charge is -2.38. The molecule has 2 heterocycles. The molecule has 1 saturated heterocycles. The van der Waals surface area contributed by atoms with Crippen molar-refractivity contribution in [3.05, 3.63) is 102 Å². The van der Waals surface area contributed by atoms with Crippen LogP contribution < -0.4 is 4.72 Å². The third-order valence-corrected chi connectivity index (χ3v) is 8.11. The maximum absolute atomic E-state index is 13.1. The van der Waals surface area contributed by atoms with Crippen LogP contribution in [-0.2, 0) is 10.0 Å². The van der Waals surface area contributed by atoms with Gasteiger partial charge in [0.05, 0.1) is 5.52 Å². The monoisotopic (exact) mass is 534 g/mol. The van der Waals surface area contributed by atoms with Crippen LogP contribution in [0.15, 0.2) is 96.0 Å². The second-order valence-corrected chi connectivity index (χ2v) is 10.6. The lowest BCUT2D eigenvalue weighted by Crippen LogP contribution is -2.49. The molecule has 5 rings (SSSR count). The molecule has 0 radical (unpaired) electrons. The molecule has 1 fully saturated rings. The number of pyridine rings is 1. The zero-order valence-corrected chi connectivity index (χ0v) is 22.4. The largest absolute Gasteiger partial charge is 0.336 e. The molecule has 37 heavy (non-hydrogen) atoms. The van der Waals surface area contributed by atoms with Crippen molar-refractivity contribution in [2.75, 3.05) is 30.9 Å². The Morgan fingerprint density at radius 2 is 1.54 bits per heavy atom. The van der Waals surface area contributed by atoms with Gasteiger partial charge in [0, 0.05) is 55.1 Å². The number of benzene rings is 3. The highest BCUT2D eigenvalue weighted by Gasteiger charge is 2.25. The fraction of sp³-hybridized carbons (Fsp3) is 0.214. The van der Waals surface area contributed by atoms with Crippen LogP contribution in [-0.4, -0.2) is 55.3 Å². The first-order chi connectivity index (χ1) is 17.4. The van der Waals surface area contributed by atoms with E-state index < -0.39 is 10.0 Å². The van der Waals surface area contributed by atoms with Gasteiger partial charge < -0.3 is 4.90 Å². The van der Waals surface area contributed by atoms with Crippen molar-refractivity contribution in [1.29, 1.82) is 0 Å². The number of fused-ring (bicyclic) bond motifs is 1. The van der Waals surface area contributed by atoms with Gasteiger partial charge in [-0.25, -0.2) is 8.42 Å². The standard InChI is InChI=1S/C28H28N4O3S.H2S/c1-21(22-7-3-2-4-8-22)31-17-19-32(20-18-31)28(33)24-12-14-25(15-13-24)30-36(34,35)26-11-5-9-23-10-6-16-29-27(23)26;/h2-16,21,30H,17-20H2,1H3;1H2/t21-;/m0./s1. The second-order valence-electron chi connectivity index (χ2n) is 8.93. The number of carbonyl (C=O) groups is 1. The van der Waals surface area contributed by atoms with Gasteiger partial charge in [0.25, 0.3) is 15.9 Å². The van der Waals surface area contributed by atoms with Crippen LogP contribution in [0.1, 0.15) is 28.9 Å². The number of hydrogen-bond donors (Lipinski definition) is 1. The van der Waals surface area contributed by atoms with Crippen LogP contribution in [0.25, 0.3) is 10.9 Å². The number of carbonyl (C=O) groups excluding carboxylic acids is 1. The molecule has 1 amide bonds. The van der Waals surface area contributed by atoms with Gasteiger partial charge in [-0.3, -0.25) is 19.4 Å². The molecule has 1 N–H and O–H groups in total. The molecule has 1 atom stereocenters. The summed E-state index contributed by atoms with van der Waals surface area (Å²) in [6.07, 6.45) is 1.57. The van der Waals surface area contributed by atoms with E-state index in [1.165, 1.54) is 11.6 Å². The van der Waals surface area contributed by atoms with Crippen molar-refractivity contribution in [3.8, 4) is 0 Å². The number of nitrogens with zero attached hydrogens (tertiary/aromatic N) is 3. The molecule has 4 aromatic rings. The first kappa shape index (κ1) is 26.7. The highest BCUT2D eigenvalue weighted by molar-refractivity contribution is 7.93. The minimum Gasteiger partial charge on any atom is -0.336 e. The average molecular weight is 535 g/mol. The highest BCUT2D eigenvalue weighted by Crippen LogP contribution is 2.25. The summed E-state index contributed by atoms with van der Waals surface area (Å²) in [4.78, 5) is 21.7. The molecule has 0 unspecified atom stereocenters. The number of hydrogen-bond acceptors (Lipinski definition) is 5. The van der Waals surface area contributed by atoms with Gasteiger partial charge in [-0.15, -0.1) is 0 Å². The Bertz CT molecular complexity index is 1470. The van der Waals surface area contributed by atoms with Crippen molar-refractivity contribution < 1.29 is 13.2 Å². The fourth-order valence-electron chi connectivity index (χ4n) is 4.62. The molecule has 0 spiro atoms. The number of sulfonamides is 1. The first-order valence-corrected chi connectivity index (χ1v) is 13.5. The smallest absolute Gasteiger partial charge is 0.264 e. The summed E-state index contributed by atoms with van der Waals surface area (Å²) < 4.78 is 28.7. The summed E-state index contributed by atoms with van der Waals surface area (Å²) in [7, 11) is -3.84. The zero-order valence-electron chi connectivity index (χ0n) is 20.5. The zero-order chi connectivity index (χ0) is 25.1. The van der Waals surface area contributed by atoms with E-state index in [-0.39, 0.29) is 24.3 Å². The number of nitrogens with one attached hydrogen (secondary N) is 1. The van der Waals surface area contributed by atoms with Crippen LogP contribution in [0.5, 0.6) is 0 Å². The van der Waals surface area contributed by atoms with Crippen LogP contribution in [0.4, 0.5) is 5.69 Å². The van der Waals surface area contributed by atoms with E-state index in [0.717, 1.165) is 18.5 Å². The second kappa shape index (κ2) is 11.3. The van der Waals surface area contributed by atoms with E-state index in [1.54, 1.807) is 42.6 Å². The van der Waals surface area contributed by atoms with Gasteiger partial charge in [-0.1, -0.05) is 48.5 Å². The van der Waals surface area contributed by atoms with Crippen LogP contribution in [0.3, 0.4) is 0 Å². The fourth-order valence-corrected chi connectivity index (χ4v) is 5.86. The third kappa shape index (κ3) is 5.79. The Morgan fingerprint density at radius 3 is 2.24 bits per heavy atom. The summed E-state index contributed by atoms with van der Waals surface area (Å²) in [5, 5.41) is 0.750. The minimum atomic E-state index is -3.84. The van der Waals surface area contributed by atoms with Crippen molar-refractivity contribution in [1.82, 2.24) is 14.8 Å². The topological polar surface area (TPSA) is 82.6 Å². The van der Waals surface area contributed by atoms with Gasteiger partial charge >= 0.3 is 0 Å². The number of para-hydroxylation sites is 1. The number of amides is 1. The van der Waals surface area contributed by atoms with E-state index in [2.05, 4.69) is 33.7 Å². The van der Waals surface area contributed by atoms with E-state index in [4.69, 9.17) is 0 Å². The minimum absolute atomic E-state index is 0.